The van der Waals surface area contributed by atoms with Gasteiger partial charge in [-0.15, -0.1) is 0 Å². The minimum atomic E-state index is -0.460. The van der Waals surface area contributed by atoms with E-state index in [4.69, 9.17) is 9.47 Å². The number of allylic oxidation sites excluding steroid dienone is 2. The van der Waals surface area contributed by atoms with Crippen LogP contribution in [0.25, 0.3) is 39.0 Å². The second kappa shape index (κ2) is 20.0. The summed E-state index contributed by atoms with van der Waals surface area (Å²) in [5.74, 6) is 3.20. The number of para-hydroxylation sites is 2. The van der Waals surface area contributed by atoms with E-state index >= 15 is 0 Å². The molecule has 10 aromatic carbocycles. The summed E-state index contributed by atoms with van der Waals surface area (Å²) < 4.78 is 12.3. The monoisotopic (exact) mass is 902 g/mol. The topological polar surface area (TPSA) is 33.7 Å². The van der Waals surface area contributed by atoms with Crippen LogP contribution >= 0.6 is 0 Å². The molecule has 0 aromatic heterocycles. The molecule has 0 amide bonds. The van der Waals surface area contributed by atoms with Crippen molar-refractivity contribution < 1.29 is 9.47 Å². The largest absolute Gasteiger partial charge is 0.457 e. The van der Waals surface area contributed by atoms with Crippen molar-refractivity contribution in [3.05, 3.63) is 296 Å². The molecule has 1 aliphatic rings. The Hall–Kier alpha value is -9.12. The Morgan fingerprint density at radius 3 is 1.10 bits per heavy atom. The van der Waals surface area contributed by atoms with Gasteiger partial charge in [-0.25, -0.2) is 0 Å². The first-order chi connectivity index (χ1) is 34.6. The zero-order valence-electron chi connectivity index (χ0n) is 38.6. The lowest BCUT2D eigenvalue weighted by Crippen LogP contribution is -2.34. The van der Waals surface area contributed by atoms with Crippen LogP contribution < -0.4 is 19.7 Å². The SMILES string of the molecule is C1=CC(Nc2ccc(Oc3ccccc3)cc2)(c2ccc(-c3ccccc3)cc2)CC=C1c1ccc(-c2ccc(N(c3ccc(Oc4ccccc4)cc3)c3ccc(-c4ccccc4)cc3)cc2)cc1. The third-order valence-corrected chi connectivity index (χ3v) is 12.9. The highest BCUT2D eigenvalue weighted by Crippen LogP contribution is 2.41. The van der Waals surface area contributed by atoms with Gasteiger partial charge >= 0.3 is 0 Å². The fourth-order valence-electron chi connectivity index (χ4n) is 9.14. The number of hydrogen-bond donors (Lipinski definition) is 1. The summed E-state index contributed by atoms with van der Waals surface area (Å²) in [5.41, 5.74) is 14.4. The maximum atomic E-state index is 6.15. The van der Waals surface area contributed by atoms with E-state index < -0.39 is 5.54 Å². The van der Waals surface area contributed by atoms with Gasteiger partial charge in [-0.3, -0.25) is 0 Å². The van der Waals surface area contributed by atoms with Crippen molar-refractivity contribution in [2.75, 3.05) is 10.2 Å². The number of rotatable bonds is 14. The Morgan fingerprint density at radius 1 is 0.329 bits per heavy atom. The van der Waals surface area contributed by atoms with Gasteiger partial charge in [-0.05, 0) is 154 Å². The van der Waals surface area contributed by atoms with Crippen LogP contribution in [-0.4, -0.2) is 0 Å². The smallest absolute Gasteiger partial charge is 0.127 e. The molecule has 336 valence electrons. The first kappa shape index (κ1) is 43.5. The Labute approximate surface area is 410 Å². The van der Waals surface area contributed by atoms with Gasteiger partial charge in [0.1, 0.15) is 23.0 Å². The summed E-state index contributed by atoms with van der Waals surface area (Å²) in [5, 5.41) is 3.92. The molecule has 0 heterocycles. The normalized spacial score (nSPS) is 14.0. The van der Waals surface area contributed by atoms with Gasteiger partial charge in [0.25, 0.3) is 0 Å². The number of ether oxygens (including phenoxy) is 2. The van der Waals surface area contributed by atoms with E-state index in [2.05, 4.69) is 210 Å². The number of nitrogens with one attached hydrogen (secondary N) is 1. The first-order valence-electron chi connectivity index (χ1n) is 23.8. The van der Waals surface area contributed by atoms with E-state index in [1.165, 1.54) is 39.0 Å². The van der Waals surface area contributed by atoms with E-state index in [0.717, 1.165) is 63.3 Å². The molecule has 4 heteroatoms. The molecule has 10 aromatic rings. The molecule has 1 unspecified atom stereocenters. The van der Waals surface area contributed by atoms with E-state index in [1.807, 2.05) is 84.9 Å². The predicted molar refractivity (Wildman–Crippen MR) is 290 cm³/mol. The predicted octanol–water partition coefficient (Wildman–Crippen LogP) is 18.1. The molecule has 1 aliphatic carbocycles. The number of hydrogen-bond acceptors (Lipinski definition) is 4. The summed E-state index contributed by atoms with van der Waals surface area (Å²) in [6.07, 6.45) is 7.71. The zero-order chi connectivity index (χ0) is 47.0. The number of benzene rings is 10. The van der Waals surface area contributed by atoms with Gasteiger partial charge in [0.15, 0.2) is 0 Å². The molecular weight excluding hydrogens is 853 g/mol. The summed E-state index contributed by atoms with van der Waals surface area (Å²) >= 11 is 0. The molecule has 1 N–H and O–H groups in total. The molecule has 0 fully saturated rings. The highest BCUT2D eigenvalue weighted by atomic mass is 16.5. The lowest BCUT2D eigenvalue weighted by molar-refractivity contribution is 0.482. The summed E-state index contributed by atoms with van der Waals surface area (Å²) in [4.78, 5) is 2.29. The molecule has 1 atom stereocenters. The second-order valence-corrected chi connectivity index (χ2v) is 17.5. The summed E-state index contributed by atoms with van der Waals surface area (Å²) in [6.45, 7) is 0. The van der Waals surface area contributed by atoms with Crippen molar-refractivity contribution in [1.82, 2.24) is 0 Å². The summed E-state index contributed by atoms with van der Waals surface area (Å²) in [7, 11) is 0. The average molecular weight is 903 g/mol. The van der Waals surface area contributed by atoms with Crippen molar-refractivity contribution in [3.63, 3.8) is 0 Å². The van der Waals surface area contributed by atoms with Gasteiger partial charge in [0.2, 0.25) is 0 Å². The van der Waals surface area contributed by atoms with Crippen molar-refractivity contribution >= 4 is 28.3 Å². The molecule has 11 rings (SSSR count). The second-order valence-electron chi connectivity index (χ2n) is 17.5. The van der Waals surface area contributed by atoms with Crippen LogP contribution in [0.3, 0.4) is 0 Å². The Bertz CT molecular complexity index is 3340. The van der Waals surface area contributed by atoms with Crippen molar-refractivity contribution in [2.45, 2.75) is 12.0 Å². The van der Waals surface area contributed by atoms with E-state index in [0.29, 0.717) is 0 Å². The molecule has 0 saturated carbocycles. The average Bonchev–Trinajstić information content (AvgIpc) is 3.44. The van der Waals surface area contributed by atoms with E-state index in [9.17, 15) is 0 Å². The Balaban J connectivity index is 0.832. The molecule has 70 heavy (non-hydrogen) atoms. The van der Waals surface area contributed by atoms with Crippen LogP contribution in [0.15, 0.2) is 285 Å². The van der Waals surface area contributed by atoms with Crippen molar-refractivity contribution in [2.24, 2.45) is 0 Å². The highest BCUT2D eigenvalue weighted by molar-refractivity contribution is 5.82. The number of nitrogens with zero attached hydrogens (tertiary/aromatic N) is 1. The fraction of sp³-hybridized carbons (Fsp3) is 0.0303. The Kier molecular flexibility index (Phi) is 12.4. The van der Waals surface area contributed by atoms with Crippen LogP contribution in [0.4, 0.5) is 22.7 Å². The molecule has 0 bridgehead atoms. The third kappa shape index (κ3) is 9.80. The third-order valence-electron chi connectivity index (χ3n) is 12.9. The Morgan fingerprint density at radius 2 is 0.671 bits per heavy atom. The molecule has 4 nitrogen and oxygen atoms in total. The molecule has 0 saturated heterocycles. The van der Waals surface area contributed by atoms with Crippen LogP contribution in [0.2, 0.25) is 0 Å². The lowest BCUT2D eigenvalue weighted by Gasteiger charge is -2.35. The van der Waals surface area contributed by atoms with Crippen LogP contribution in [-0.2, 0) is 5.54 Å². The molecule has 0 aliphatic heterocycles. The van der Waals surface area contributed by atoms with E-state index in [1.54, 1.807) is 0 Å². The first-order valence-corrected chi connectivity index (χ1v) is 23.8. The number of anilines is 4. The molecule has 0 spiro atoms. The van der Waals surface area contributed by atoms with Gasteiger partial charge in [0, 0.05) is 22.7 Å². The zero-order valence-corrected chi connectivity index (χ0v) is 38.6. The minimum absolute atomic E-state index is 0.460. The minimum Gasteiger partial charge on any atom is -0.457 e. The van der Waals surface area contributed by atoms with E-state index in [-0.39, 0.29) is 0 Å². The summed E-state index contributed by atoms with van der Waals surface area (Å²) in [6, 6.07) is 92.8. The van der Waals surface area contributed by atoms with Crippen molar-refractivity contribution in [3.8, 4) is 56.4 Å². The maximum Gasteiger partial charge on any atom is 0.127 e. The molecule has 0 radical (unpaired) electrons. The maximum absolute atomic E-state index is 6.15. The highest BCUT2D eigenvalue weighted by Gasteiger charge is 2.31. The van der Waals surface area contributed by atoms with Gasteiger partial charge in [-0.2, -0.15) is 0 Å². The van der Waals surface area contributed by atoms with Crippen molar-refractivity contribution in [1.29, 1.82) is 0 Å². The van der Waals surface area contributed by atoms with Gasteiger partial charge in [0.05, 0.1) is 5.54 Å². The standard InChI is InChI=1S/C66H50N2O2/c1-5-13-49(14-6-1)53-25-31-57(32-26-53)66(67-58-33-41-64(42-34-58)69-62-17-9-3-10-18-62)47-45-56(46-48-66)52-23-21-51(22-24-52)55-29-37-60(38-30-55)68(59-35-27-54(28-36-59)50-15-7-2-8-16-50)61-39-43-65(44-40-61)70-63-19-11-4-12-20-63/h1-47,67H,48H2. The van der Waals surface area contributed by atoms with Gasteiger partial charge < -0.3 is 19.7 Å². The van der Waals surface area contributed by atoms with Crippen LogP contribution in [0, 0.1) is 0 Å². The molecular formula is C66H50N2O2. The lowest BCUT2D eigenvalue weighted by atomic mass is 9.80. The van der Waals surface area contributed by atoms with Crippen LogP contribution in [0.1, 0.15) is 17.5 Å². The quantitative estimate of drug-likeness (QED) is 0.118. The van der Waals surface area contributed by atoms with Crippen LogP contribution in [0.5, 0.6) is 23.0 Å². The van der Waals surface area contributed by atoms with Gasteiger partial charge in [-0.1, -0.05) is 188 Å². The fourth-order valence-corrected chi connectivity index (χ4v) is 9.14.